The predicted octanol–water partition coefficient (Wildman–Crippen LogP) is 0.132. The minimum absolute atomic E-state index is 0.429. The summed E-state index contributed by atoms with van der Waals surface area (Å²) in [4.78, 5) is 0. The molecule has 3 nitrogen and oxygen atoms in total. The number of imidazole rings is 1. The number of hydrogen-bond donors (Lipinski definition) is 1. The Morgan fingerprint density at radius 1 is 1.70 bits per heavy atom. The lowest BCUT2D eigenvalue weighted by Crippen LogP contribution is -2.30. The second-order valence-electron chi connectivity index (χ2n) is 2.50. The van der Waals surface area contributed by atoms with E-state index in [0.717, 1.165) is 5.82 Å². The largest absolute Gasteiger partial charge is 0.355 e. The third kappa shape index (κ3) is 1.04. The molecule has 0 aliphatic carbocycles. The molecule has 1 rings (SSSR count). The van der Waals surface area contributed by atoms with Gasteiger partial charge in [0.25, 0.3) is 5.82 Å². The van der Waals surface area contributed by atoms with Crippen LogP contribution in [0.2, 0.25) is 0 Å². The summed E-state index contributed by atoms with van der Waals surface area (Å²) in [6, 6.07) is 0. The Kier molecular flexibility index (Phi) is 1.76. The summed E-state index contributed by atoms with van der Waals surface area (Å²) < 4.78 is 3.77. The summed E-state index contributed by atoms with van der Waals surface area (Å²) in [5, 5.41) is 9.17. The van der Waals surface area contributed by atoms with Gasteiger partial charge in [0.05, 0.1) is 7.05 Å². The highest BCUT2D eigenvalue weighted by atomic mass is 16.3. The first-order chi connectivity index (χ1) is 4.63. The van der Waals surface area contributed by atoms with E-state index in [9.17, 15) is 0 Å². The molecule has 0 aliphatic heterocycles. The van der Waals surface area contributed by atoms with Gasteiger partial charge in [0.1, 0.15) is 12.4 Å². The number of nitrogens with zero attached hydrogens (tertiary/aromatic N) is 2. The van der Waals surface area contributed by atoms with E-state index in [-0.39, 0.29) is 0 Å². The van der Waals surface area contributed by atoms with Gasteiger partial charge in [-0.3, -0.25) is 0 Å². The lowest BCUT2D eigenvalue weighted by molar-refractivity contribution is -0.677. The van der Waals surface area contributed by atoms with E-state index in [1.54, 1.807) is 11.5 Å². The van der Waals surface area contributed by atoms with Crippen molar-refractivity contribution in [3.63, 3.8) is 0 Å². The molecule has 1 aromatic rings. The molecule has 56 valence electrons. The number of aliphatic hydroxyl groups is 1. The van der Waals surface area contributed by atoms with Gasteiger partial charge in [-0.2, -0.15) is 0 Å². The topological polar surface area (TPSA) is 29.0 Å². The van der Waals surface area contributed by atoms with Gasteiger partial charge in [-0.1, -0.05) is 0 Å². The van der Waals surface area contributed by atoms with Crippen molar-refractivity contribution in [2.75, 3.05) is 0 Å². The fourth-order valence-corrected chi connectivity index (χ4v) is 0.965. The van der Waals surface area contributed by atoms with Crippen molar-refractivity contribution in [2.24, 2.45) is 7.05 Å². The standard InChI is InChI=1S/C7H13N2O/c1-6-8(3)4-5-9(6)7(2)10/h4-5,7,10H,1-3H3/q+1. The van der Waals surface area contributed by atoms with Gasteiger partial charge in [-0.05, 0) is 0 Å². The van der Waals surface area contributed by atoms with E-state index in [0.29, 0.717) is 0 Å². The van der Waals surface area contributed by atoms with Crippen molar-refractivity contribution in [1.82, 2.24) is 4.57 Å². The molecule has 0 saturated carbocycles. The number of aliphatic hydroxyl groups excluding tert-OH is 1. The molecule has 1 heterocycles. The Labute approximate surface area is 60.5 Å². The maximum atomic E-state index is 9.17. The van der Waals surface area contributed by atoms with Crippen molar-refractivity contribution < 1.29 is 9.67 Å². The van der Waals surface area contributed by atoms with Crippen LogP contribution in [-0.2, 0) is 7.05 Å². The maximum Gasteiger partial charge on any atom is 0.255 e. The Balaban J connectivity index is 3.05. The average Bonchev–Trinajstić information content (AvgIpc) is 2.14. The minimum atomic E-state index is -0.429. The van der Waals surface area contributed by atoms with Crippen molar-refractivity contribution in [1.29, 1.82) is 0 Å². The average molecular weight is 141 g/mol. The highest BCUT2D eigenvalue weighted by molar-refractivity contribution is 4.80. The quantitative estimate of drug-likeness (QED) is 0.553. The molecule has 1 aromatic heterocycles. The Bertz CT molecular complexity index is 228. The fraction of sp³-hybridized carbons (Fsp3) is 0.571. The van der Waals surface area contributed by atoms with E-state index >= 15 is 0 Å². The zero-order valence-electron chi connectivity index (χ0n) is 6.57. The highest BCUT2D eigenvalue weighted by Gasteiger charge is 2.11. The van der Waals surface area contributed by atoms with Gasteiger partial charge in [0.15, 0.2) is 6.23 Å². The summed E-state index contributed by atoms with van der Waals surface area (Å²) in [5.41, 5.74) is 0. The molecule has 0 bridgehead atoms. The first-order valence-electron chi connectivity index (χ1n) is 3.34. The van der Waals surface area contributed by atoms with Crippen molar-refractivity contribution in [3.05, 3.63) is 18.2 Å². The van der Waals surface area contributed by atoms with Crippen molar-refractivity contribution >= 4 is 0 Å². The van der Waals surface area contributed by atoms with E-state index in [1.165, 1.54) is 0 Å². The highest BCUT2D eigenvalue weighted by Crippen LogP contribution is 2.01. The van der Waals surface area contributed by atoms with E-state index < -0.39 is 6.23 Å². The molecule has 0 aliphatic rings. The molecule has 1 N–H and O–H groups in total. The number of aryl methyl sites for hydroxylation is 1. The summed E-state index contributed by atoms with van der Waals surface area (Å²) in [7, 11) is 1.95. The van der Waals surface area contributed by atoms with Crippen LogP contribution >= 0.6 is 0 Å². The van der Waals surface area contributed by atoms with Gasteiger partial charge < -0.3 is 5.11 Å². The third-order valence-corrected chi connectivity index (χ3v) is 1.74. The molecule has 0 amide bonds. The summed E-state index contributed by atoms with van der Waals surface area (Å²) >= 11 is 0. The lowest BCUT2D eigenvalue weighted by atomic mass is 10.6. The van der Waals surface area contributed by atoms with Crippen molar-refractivity contribution in [3.8, 4) is 0 Å². The van der Waals surface area contributed by atoms with Crippen LogP contribution in [0.25, 0.3) is 0 Å². The van der Waals surface area contributed by atoms with E-state index in [4.69, 9.17) is 5.11 Å². The number of rotatable bonds is 1. The molecule has 10 heavy (non-hydrogen) atoms. The molecule has 1 atom stereocenters. The predicted molar refractivity (Wildman–Crippen MR) is 37.3 cm³/mol. The van der Waals surface area contributed by atoms with Gasteiger partial charge in [0.2, 0.25) is 0 Å². The maximum absolute atomic E-state index is 9.17. The molecule has 0 fully saturated rings. The van der Waals surface area contributed by atoms with E-state index in [2.05, 4.69) is 0 Å². The van der Waals surface area contributed by atoms with Crippen LogP contribution in [0.1, 0.15) is 19.0 Å². The Morgan fingerprint density at radius 3 is 2.50 bits per heavy atom. The Morgan fingerprint density at radius 2 is 2.30 bits per heavy atom. The van der Waals surface area contributed by atoms with Gasteiger partial charge in [0, 0.05) is 13.8 Å². The molecule has 0 aromatic carbocycles. The van der Waals surface area contributed by atoms with Crippen LogP contribution in [-0.4, -0.2) is 9.67 Å². The molecular weight excluding hydrogens is 128 g/mol. The molecule has 0 radical (unpaired) electrons. The molecule has 0 saturated heterocycles. The molecule has 3 heteroatoms. The smallest absolute Gasteiger partial charge is 0.255 e. The normalized spacial score (nSPS) is 13.6. The SMILES string of the molecule is Cc1n(C(C)O)cc[n+]1C. The van der Waals surface area contributed by atoms with Crippen LogP contribution in [0.5, 0.6) is 0 Å². The third-order valence-electron chi connectivity index (χ3n) is 1.74. The van der Waals surface area contributed by atoms with Gasteiger partial charge in [-0.15, -0.1) is 0 Å². The van der Waals surface area contributed by atoms with Crippen LogP contribution < -0.4 is 4.57 Å². The van der Waals surface area contributed by atoms with Crippen molar-refractivity contribution in [2.45, 2.75) is 20.1 Å². The zero-order valence-corrected chi connectivity index (χ0v) is 6.57. The molecular formula is C7H13N2O+. The summed E-state index contributed by atoms with van der Waals surface area (Å²) in [5.74, 6) is 1.05. The number of hydrogen-bond acceptors (Lipinski definition) is 1. The van der Waals surface area contributed by atoms with Crippen LogP contribution in [0.4, 0.5) is 0 Å². The summed E-state index contributed by atoms with van der Waals surface area (Å²) in [6.07, 6.45) is 3.35. The first-order valence-corrected chi connectivity index (χ1v) is 3.34. The zero-order chi connectivity index (χ0) is 7.72. The van der Waals surface area contributed by atoms with Crippen LogP contribution in [0.15, 0.2) is 12.4 Å². The molecule has 0 spiro atoms. The summed E-state index contributed by atoms with van der Waals surface area (Å²) in [6.45, 7) is 3.71. The minimum Gasteiger partial charge on any atom is -0.355 e. The van der Waals surface area contributed by atoms with Crippen LogP contribution in [0, 0.1) is 6.92 Å². The second kappa shape index (κ2) is 2.42. The molecule has 1 unspecified atom stereocenters. The monoisotopic (exact) mass is 141 g/mol. The first kappa shape index (κ1) is 7.28. The van der Waals surface area contributed by atoms with Gasteiger partial charge >= 0.3 is 0 Å². The number of aromatic nitrogens is 2. The lowest BCUT2D eigenvalue weighted by Gasteiger charge is -1.99. The second-order valence-corrected chi connectivity index (χ2v) is 2.50. The van der Waals surface area contributed by atoms with Gasteiger partial charge in [-0.25, -0.2) is 9.13 Å². The fourth-order valence-electron chi connectivity index (χ4n) is 0.965. The Hall–Kier alpha value is -0.830. The van der Waals surface area contributed by atoms with E-state index in [1.807, 2.05) is 30.9 Å². The van der Waals surface area contributed by atoms with Crippen LogP contribution in [0.3, 0.4) is 0 Å².